The summed E-state index contributed by atoms with van der Waals surface area (Å²) in [6.45, 7) is 0. The van der Waals surface area contributed by atoms with Gasteiger partial charge in [-0.3, -0.25) is 0 Å². The fraction of sp³-hybridized carbons (Fsp3) is 0.417. The van der Waals surface area contributed by atoms with Gasteiger partial charge in [0.25, 0.3) is 0 Å². The van der Waals surface area contributed by atoms with Gasteiger partial charge in [-0.25, -0.2) is 4.79 Å². The fourth-order valence-corrected chi connectivity index (χ4v) is 1.83. The average Bonchev–Trinajstić information content (AvgIpc) is 2.37. The number of ether oxygens (including phenoxy) is 1. The number of hydrogen-bond donors (Lipinski definition) is 3. The molecule has 0 aromatic heterocycles. The minimum Gasteiger partial charge on any atom is -0.465 e. The van der Waals surface area contributed by atoms with Gasteiger partial charge < -0.3 is 20.7 Å². The van der Waals surface area contributed by atoms with Crippen LogP contribution in [0.15, 0.2) is 18.2 Å². The number of aliphatic hydroxyl groups is 2. The largest absolute Gasteiger partial charge is 0.465 e. The van der Waals surface area contributed by atoms with Gasteiger partial charge in [0.05, 0.1) is 24.5 Å². The summed E-state index contributed by atoms with van der Waals surface area (Å²) in [5.74, 6) is -0.372. The third-order valence-electron chi connectivity index (χ3n) is 2.63. The van der Waals surface area contributed by atoms with Gasteiger partial charge in [-0.2, -0.15) is 0 Å². The van der Waals surface area contributed by atoms with Crippen molar-refractivity contribution in [3.05, 3.63) is 29.3 Å². The predicted molar refractivity (Wildman–Crippen MR) is 68.5 cm³/mol. The Morgan fingerprint density at radius 2 is 2.17 bits per heavy atom. The molecule has 1 aromatic rings. The number of hydrogen-bond acceptors (Lipinski definition) is 5. The van der Waals surface area contributed by atoms with E-state index in [9.17, 15) is 15.0 Å². The smallest absolute Gasteiger partial charge is 0.339 e. The lowest BCUT2D eigenvalue weighted by Gasteiger charge is -2.19. The van der Waals surface area contributed by atoms with Gasteiger partial charge in [0.15, 0.2) is 0 Å². The van der Waals surface area contributed by atoms with Gasteiger partial charge >= 0.3 is 5.97 Å². The number of halogens is 1. The van der Waals surface area contributed by atoms with Crippen molar-refractivity contribution in [2.45, 2.75) is 18.6 Å². The lowest BCUT2D eigenvalue weighted by atomic mass is 9.98. The number of para-hydroxylation sites is 1. The SMILES string of the molecule is COC(=O)c1cccc(C(O)C(O)CCCl)c1N. The molecule has 4 N–H and O–H groups in total. The van der Waals surface area contributed by atoms with Crippen molar-refractivity contribution in [2.24, 2.45) is 0 Å². The van der Waals surface area contributed by atoms with Crippen LogP contribution < -0.4 is 5.73 Å². The molecule has 1 rings (SSSR count). The summed E-state index contributed by atoms with van der Waals surface area (Å²) < 4.78 is 4.58. The zero-order valence-corrected chi connectivity index (χ0v) is 10.7. The quantitative estimate of drug-likeness (QED) is 0.424. The summed E-state index contributed by atoms with van der Waals surface area (Å²) in [5, 5.41) is 19.6. The van der Waals surface area contributed by atoms with Gasteiger partial charge in [0.1, 0.15) is 6.10 Å². The number of benzene rings is 1. The molecular weight excluding hydrogens is 258 g/mol. The number of aliphatic hydroxyl groups excluding tert-OH is 2. The van der Waals surface area contributed by atoms with E-state index in [0.29, 0.717) is 0 Å². The highest BCUT2D eigenvalue weighted by Crippen LogP contribution is 2.27. The lowest BCUT2D eigenvalue weighted by molar-refractivity contribution is 0.0173. The zero-order valence-electron chi connectivity index (χ0n) is 9.97. The molecule has 0 amide bonds. The van der Waals surface area contributed by atoms with Crippen LogP contribution in [-0.4, -0.2) is 35.3 Å². The number of carbonyl (C=O) groups excluding carboxylic acids is 1. The number of anilines is 1. The van der Waals surface area contributed by atoms with E-state index in [4.69, 9.17) is 17.3 Å². The molecule has 0 aliphatic heterocycles. The first kappa shape index (κ1) is 14.8. The predicted octanol–water partition coefficient (Wildman–Crippen LogP) is 1.08. The maximum absolute atomic E-state index is 11.4. The van der Waals surface area contributed by atoms with Gasteiger partial charge in [-0.15, -0.1) is 11.6 Å². The van der Waals surface area contributed by atoms with Gasteiger partial charge in [0.2, 0.25) is 0 Å². The molecule has 0 spiro atoms. The van der Waals surface area contributed by atoms with Gasteiger partial charge in [-0.05, 0) is 12.5 Å². The molecule has 0 saturated heterocycles. The monoisotopic (exact) mass is 273 g/mol. The van der Waals surface area contributed by atoms with Crippen molar-refractivity contribution in [1.29, 1.82) is 0 Å². The summed E-state index contributed by atoms with van der Waals surface area (Å²) in [5.41, 5.74) is 6.34. The minimum atomic E-state index is -1.19. The van der Waals surface area contributed by atoms with Crippen LogP contribution in [-0.2, 0) is 4.74 Å². The lowest BCUT2D eigenvalue weighted by Crippen LogP contribution is -2.21. The highest BCUT2D eigenvalue weighted by molar-refractivity contribution is 6.17. The van der Waals surface area contributed by atoms with Crippen molar-refractivity contribution in [1.82, 2.24) is 0 Å². The molecule has 1 aromatic carbocycles. The highest BCUT2D eigenvalue weighted by atomic mass is 35.5. The van der Waals surface area contributed by atoms with Crippen molar-refractivity contribution >= 4 is 23.3 Å². The maximum Gasteiger partial charge on any atom is 0.339 e. The van der Waals surface area contributed by atoms with Crippen LogP contribution in [0.25, 0.3) is 0 Å². The molecule has 0 heterocycles. The Morgan fingerprint density at radius 3 is 2.72 bits per heavy atom. The second kappa shape index (κ2) is 6.58. The van der Waals surface area contributed by atoms with E-state index in [1.807, 2.05) is 0 Å². The average molecular weight is 274 g/mol. The Labute approximate surface area is 110 Å². The minimum absolute atomic E-state index is 0.102. The number of alkyl halides is 1. The first-order chi connectivity index (χ1) is 8.52. The maximum atomic E-state index is 11.4. The van der Waals surface area contributed by atoms with Crippen LogP contribution in [0.3, 0.4) is 0 Å². The Balaban J connectivity index is 3.06. The van der Waals surface area contributed by atoms with E-state index in [1.54, 1.807) is 12.1 Å². The Kier molecular flexibility index (Phi) is 5.40. The molecule has 5 nitrogen and oxygen atoms in total. The first-order valence-electron chi connectivity index (χ1n) is 5.41. The number of rotatable bonds is 5. The van der Waals surface area contributed by atoms with E-state index in [0.717, 1.165) is 0 Å². The fourth-order valence-electron chi connectivity index (χ4n) is 1.61. The number of methoxy groups -OCH3 is 1. The van der Waals surface area contributed by atoms with Crippen molar-refractivity contribution < 1.29 is 19.7 Å². The first-order valence-corrected chi connectivity index (χ1v) is 5.95. The van der Waals surface area contributed by atoms with Crippen LogP contribution in [0.2, 0.25) is 0 Å². The van der Waals surface area contributed by atoms with Crippen molar-refractivity contribution in [2.75, 3.05) is 18.7 Å². The highest BCUT2D eigenvalue weighted by Gasteiger charge is 2.22. The van der Waals surface area contributed by atoms with E-state index in [2.05, 4.69) is 4.74 Å². The van der Waals surface area contributed by atoms with Crippen LogP contribution in [0.1, 0.15) is 28.4 Å². The van der Waals surface area contributed by atoms with Gasteiger partial charge in [0, 0.05) is 11.4 Å². The molecule has 6 heteroatoms. The summed E-state index contributed by atoms with van der Waals surface area (Å²) in [6, 6.07) is 4.60. The Bertz CT molecular complexity index is 425. The van der Waals surface area contributed by atoms with Crippen LogP contribution in [0, 0.1) is 0 Å². The third-order valence-corrected chi connectivity index (χ3v) is 2.85. The van der Waals surface area contributed by atoms with E-state index in [-0.39, 0.29) is 29.1 Å². The molecule has 0 radical (unpaired) electrons. The molecule has 2 atom stereocenters. The molecule has 0 aliphatic rings. The number of esters is 1. The van der Waals surface area contributed by atoms with E-state index >= 15 is 0 Å². The molecule has 2 unspecified atom stereocenters. The topological polar surface area (TPSA) is 92.8 Å². The van der Waals surface area contributed by atoms with Crippen molar-refractivity contribution in [3.63, 3.8) is 0 Å². The second-order valence-electron chi connectivity index (χ2n) is 3.79. The summed E-state index contributed by atoms with van der Waals surface area (Å²) in [7, 11) is 1.24. The number of carbonyl (C=O) groups is 1. The molecular formula is C12H16ClNO4. The Hall–Kier alpha value is -1.30. The summed E-state index contributed by atoms with van der Waals surface area (Å²) in [6.07, 6.45) is -1.99. The molecule has 0 fully saturated rings. The molecule has 0 bridgehead atoms. The molecule has 100 valence electrons. The number of nitrogen functional groups attached to an aromatic ring is 1. The standard InChI is InChI=1S/C12H16ClNO4/c1-18-12(17)8-4-2-3-7(10(8)14)11(16)9(15)5-6-13/h2-4,9,11,15-16H,5-6,14H2,1H3. The van der Waals surface area contributed by atoms with Crippen LogP contribution in [0.5, 0.6) is 0 Å². The molecule has 18 heavy (non-hydrogen) atoms. The zero-order chi connectivity index (χ0) is 13.7. The van der Waals surface area contributed by atoms with E-state index in [1.165, 1.54) is 13.2 Å². The van der Waals surface area contributed by atoms with Crippen molar-refractivity contribution in [3.8, 4) is 0 Å². The summed E-state index contributed by atoms with van der Waals surface area (Å²) in [4.78, 5) is 11.4. The van der Waals surface area contributed by atoms with Gasteiger partial charge in [-0.1, -0.05) is 12.1 Å². The number of nitrogens with two attached hydrogens (primary N) is 1. The Morgan fingerprint density at radius 1 is 1.50 bits per heavy atom. The molecule has 0 aliphatic carbocycles. The third kappa shape index (κ3) is 3.13. The van der Waals surface area contributed by atoms with Crippen LogP contribution >= 0.6 is 11.6 Å². The molecule has 0 saturated carbocycles. The van der Waals surface area contributed by atoms with Crippen LogP contribution in [0.4, 0.5) is 5.69 Å². The normalized spacial score (nSPS) is 14.0. The second-order valence-corrected chi connectivity index (χ2v) is 4.17. The summed E-state index contributed by atoms with van der Waals surface area (Å²) >= 11 is 5.50. The van der Waals surface area contributed by atoms with E-state index < -0.39 is 18.2 Å².